The summed E-state index contributed by atoms with van der Waals surface area (Å²) in [6.45, 7) is 5.75. The van der Waals surface area contributed by atoms with Crippen LogP contribution in [0.15, 0.2) is 24.3 Å². The first kappa shape index (κ1) is 13.4. The zero-order chi connectivity index (χ0) is 13.0. The summed E-state index contributed by atoms with van der Waals surface area (Å²) < 4.78 is 5.18. The van der Waals surface area contributed by atoms with Crippen LogP contribution < -0.4 is 10.1 Å². The third-order valence-electron chi connectivity index (χ3n) is 4.13. The van der Waals surface area contributed by atoms with E-state index >= 15 is 0 Å². The largest absolute Gasteiger partial charge is 0.497 e. The molecule has 3 unspecified atom stereocenters. The molecular weight excluding hydrogens is 222 g/mol. The average molecular weight is 247 g/mol. The van der Waals surface area contributed by atoms with Crippen molar-refractivity contribution < 1.29 is 4.74 Å². The standard InChI is InChI=1S/C16H25NO/c1-12-4-5-14(10-12)11-17-13(2)15-6-8-16(18-3)9-7-15/h6-9,12-14,17H,4-5,10-11H2,1-3H3. The monoisotopic (exact) mass is 247 g/mol. The van der Waals surface area contributed by atoms with Crippen LogP contribution in [0.5, 0.6) is 5.75 Å². The van der Waals surface area contributed by atoms with Gasteiger partial charge in [-0.05, 0) is 55.8 Å². The van der Waals surface area contributed by atoms with Crippen LogP contribution in [0.1, 0.15) is 44.7 Å². The fourth-order valence-corrected chi connectivity index (χ4v) is 2.86. The lowest BCUT2D eigenvalue weighted by Crippen LogP contribution is -2.24. The summed E-state index contributed by atoms with van der Waals surface area (Å²) in [6.07, 6.45) is 4.19. The summed E-state index contributed by atoms with van der Waals surface area (Å²) >= 11 is 0. The third-order valence-corrected chi connectivity index (χ3v) is 4.13. The molecule has 0 spiro atoms. The van der Waals surface area contributed by atoms with E-state index in [0.29, 0.717) is 6.04 Å². The lowest BCUT2D eigenvalue weighted by atomic mass is 10.0. The fraction of sp³-hybridized carbons (Fsp3) is 0.625. The first-order valence-corrected chi connectivity index (χ1v) is 7.06. The topological polar surface area (TPSA) is 21.3 Å². The molecule has 1 aliphatic rings. The molecule has 1 aromatic rings. The lowest BCUT2D eigenvalue weighted by Gasteiger charge is -2.18. The van der Waals surface area contributed by atoms with Crippen LogP contribution in [0.3, 0.4) is 0 Å². The Labute approximate surface area is 111 Å². The van der Waals surface area contributed by atoms with E-state index in [1.54, 1.807) is 7.11 Å². The van der Waals surface area contributed by atoms with E-state index in [4.69, 9.17) is 4.74 Å². The Morgan fingerprint density at radius 1 is 1.28 bits per heavy atom. The van der Waals surface area contributed by atoms with Crippen LogP contribution in [0.2, 0.25) is 0 Å². The SMILES string of the molecule is COc1ccc(C(C)NCC2CCC(C)C2)cc1. The van der Waals surface area contributed by atoms with Crippen LogP contribution in [0.25, 0.3) is 0 Å². The molecule has 0 radical (unpaired) electrons. The molecule has 0 amide bonds. The van der Waals surface area contributed by atoms with Crippen LogP contribution in [0, 0.1) is 11.8 Å². The van der Waals surface area contributed by atoms with Crippen molar-refractivity contribution in [2.45, 2.75) is 39.2 Å². The number of nitrogens with one attached hydrogen (secondary N) is 1. The van der Waals surface area contributed by atoms with Crippen molar-refractivity contribution in [2.75, 3.05) is 13.7 Å². The first-order valence-electron chi connectivity index (χ1n) is 7.06. The van der Waals surface area contributed by atoms with E-state index in [9.17, 15) is 0 Å². The van der Waals surface area contributed by atoms with Gasteiger partial charge in [-0.3, -0.25) is 0 Å². The second-order valence-electron chi connectivity index (χ2n) is 5.69. The Hall–Kier alpha value is -1.02. The molecule has 2 heteroatoms. The van der Waals surface area contributed by atoms with Crippen molar-refractivity contribution >= 4 is 0 Å². The molecule has 2 nitrogen and oxygen atoms in total. The molecule has 18 heavy (non-hydrogen) atoms. The van der Waals surface area contributed by atoms with E-state index in [2.05, 4.69) is 31.3 Å². The maximum atomic E-state index is 5.18. The van der Waals surface area contributed by atoms with E-state index in [1.807, 2.05) is 12.1 Å². The number of rotatable bonds is 5. The summed E-state index contributed by atoms with van der Waals surface area (Å²) in [5.74, 6) is 2.73. The maximum absolute atomic E-state index is 5.18. The van der Waals surface area contributed by atoms with Crippen molar-refractivity contribution in [3.8, 4) is 5.75 Å². The summed E-state index contributed by atoms with van der Waals surface area (Å²) in [5.41, 5.74) is 1.34. The minimum atomic E-state index is 0.423. The first-order chi connectivity index (χ1) is 8.69. The van der Waals surface area contributed by atoms with E-state index in [1.165, 1.54) is 24.8 Å². The molecule has 1 aromatic carbocycles. The van der Waals surface area contributed by atoms with Crippen molar-refractivity contribution in [1.82, 2.24) is 5.32 Å². The van der Waals surface area contributed by atoms with Gasteiger partial charge in [0.2, 0.25) is 0 Å². The van der Waals surface area contributed by atoms with E-state index in [-0.39, 0.29) is 0 Å². The van der Waals surface area contributed by atoms with Crippen molar-refractivity contribution in [3.05, 3.63) is 29.8 Å². The third kappa shape index (κ3) is 3.49. The Bertz CT molecular complexity index is 360. The molecular formula is C16H25NO. The van der Waals surface area contributed by atoms with Gasteiger partial charge in [-0.25, -0.2) is 0 Å². The highest BCUT2D eigenvalue weighted by atomic mass is 16.5. The number of hydrogen-bond acceptors (Lipinski definition) is 2. The molecule has 100 valence electrons. The van der Waals surface area contributed by atoms with Crippen molar-refractivity contribution in [3.63, 3.8) is 0 Å². The fourth-order valence-electron chi connectivity index (χ4n) is 2.86. The minimum absolute atomic E-state index is 0.423. The summed E-state index contributed by atoms with van der Waals surface area (Å²) in [6, 6.07) is 8.78. The van der Waals surface area contributed by atoms with Gasteiger partial charge >= 0.3 is 0 Å². The molecule has 0 saturated heterocycles. The zero-order valence-corrected chi connectivity index (χ0v) is 11.8. The van der Waals surface area contributed by atoms with E-state index in [0.717, 1.165) is 24.1 Å². The van der Waals surface area contributed by atoms with Crippen molar-refractivity contribution in [2.24, 2.45) is 11.8 Å². The predicted octanol–water partition coefficient (Wildman–Crippen LogP) is 3.78. The van der Waals surface area contributed by atoms with Gasteiger partial charge < -0.3 is 10.1 Å². The van der Waals surface area contributed by atoms with Crippen LogP contribution in [0.4, 0.5) is 0 Å². The molecule has 3 atom stereocenters. The molecule has 1 aliphatic carbocycles. The Balaban J connectivity index is 1.81. The Kier molecular flexibility index (Phi) is 4.65. The minimum Gasteiger partial charge on any atom is -0.497 e. The van der Waals surface area contributed by atoms with Crippen molar-refractivity contribution in [1.29, 1.82) is 0 Å². The lowest BCUT2D eigenvalue weighted by molar-refractivity contribution is 0.413. The molecule has 1 N–H and O–H groups in total. The van der Waals surface area contributed by atoms with Crippen LogP contribution >= 0.6 is 0 Å². The molecule has 0 heterocycles. The van der Waals surface area contributed by atoms with Crippen LogP contribution in [-0.2, 0) is 0 Å². The smallest absolute Gasteiger partial charge is 0.118 e. The van der Waals surface area contributed by atoms with Crippen LogP contribution in [-0.4, -0.2) is 13.7 Å². The quantitative estimate of drug-likeness (QED) is 0.855. The normalized spacial score (nSPS) is 25.1. The molecule has 2 rings (SSSR count). The molecule has 1 fully saturated rings. The zero-order valence-electron chi connectivity index (χ0n) is 11.8. The van der Waals surface area contributed by atoms with Gasteiger partial charge in [0.15, 0.2) is 0 Å². The Morgan fingerprint density at radius 3 is 2.56 bits per heavy atom. The average Bonchev–Trinajstić information content (AvgIpc) is 2.82. The second kappa shape index (κ2) is 6.24. The molecule has 0 aliphatic heterocycles. The highest BCUT2D eigenvalue weighted by Gasteiger charge is 2.21. The Morgan fingerprint density at radius 2 is 2.00 bits per heavy atom. The number of methoxy groups -OCH3 is 1. The van der Waals surface area contributed by atoms with Gasteiger partial charge in [-0.15, -0.1) is 0 Å². The van der Waals surface area contributed by atoms with Gasteiger partial charge in [0.25, 0.3) is 0 Å². The number of ether oxygens (including phenoxy) is 1. The highest BCUT2D eigenvalue weighted by molar-refractivity contribution is 5.28. The van der Waals surface area contributed by atoms with Gasteiger partial charge in [-0.1, -0.05) is 25.5 Å². The number of hydrogen-bond donors (Lipinski definition) is 1. The summed E-state index contributed by atoms with van der Waals surface area (Å²) in [7, 11) is 1.71. The highest BCUT2D eigenvalue weighted by Crippen LogP contribution is 2.30. The van der Waals surface area contributed by atoms with Gasteiger partial charge in [0, 0.05) is 6.04 Å². The molecule has 0 bridgehead atoms. The summed E-state index contributed by atoms with van der Waals surface area (Å²) in [5, 5.41) is 3.66. The van der Waals surface area contributed by atoms with Gasteiger partial charge in [0.1, 0.15) is 5.75 Å². The second-order valence-corrected chi connectivity index (χ2v) is 5.69. The van der Waals surface area contributed by atoms with Gasteiger partial charge in [-0.2, -0.15) is 0 Å². The van der Waals surface area contributed by atoms with Gasteiger partial charge in [0.05, 0.1) is 7.11 Å². The molecule has 1 saturated carbocycles. The summed E-state index contributed by atoms with van der Waals surface area (Å²) in [4.78, 5) is 0. The molecule has 0 aromatic heterocycles. The number of benzene rings is 1. The maximum Gasteiger partial charge on any atom is 0.118 e. The van der Waals surface area contributed by atoms with E-state index < -0.39 is 0 Å². The predicted molar refractivity (Wildman–Crippen MR) is 75.9 cm³/mol.